The van der Waals surface area contributed by atoms with Gasteiger partial charge in [0.25, 0.3) is 0 Å². The zero-order valence-corrected chi connectivity index (χ0v) is 11.3. The molecule has 1 rings (SSSR count). The zero-order chi connectivity index (χ0) is 12.3. The van der Waals surface area contributed by atoms with E-state index in [0.29, 0.717) is 32.5 Å². The number of likely N-dealkylation sites (tertiary alicyclic amines) is 1. The van der Waals surface area contributed by atoms with E-state index in [4.69, 9.17) is 14.2 Å². The van der Waals surface area contributed by atoms with Gasteiger partial charge in [0.15, 0.2) is 0 Å². The fourth-order valence-corrected chi connectivity index (χ4v) is 2.03. The summed E-state index contributed by atoms with van der Waals surface area (Å²) in [6, 6.07) is 0. The van der Waals surface area contributed by atoms with Crippen LogP contribution in [0.2, 0.25) is 0 Å². The second-order valence-corrected chi connectivity index (χ2v) is 4.31. The van der Waals surface area contributed by atoms with Crippen LogP contribution in [-0.2, 0) is 14.2 Å². The Kier molecular flexibility index (Phi) is 8.61. The third-order valence-corrected chi connectivity index (χ3v) is 3.14. The fourth-order valence-electron chi connectivity index (χ4n) is 2.03. The monoisotopic (exact) mass is 245 g/mol. The molecule has 102 valence electrons. The maximum atomic E-state index is 5.79. The van der Waals surface area contributed by atoms with Crippen molar-refractivity contribution in [3.63, 3.8) is 0 Å². The third-order valence-electron chi connectivity index (χ3n) is 3.14. The molecule has 0 N–H and O–H groups in total. The van der Waals surface area contributed by atoms with Crippen LogP contribution in [0.3, 0.4) is 0 Å². The van der Waals surface area contributed by atoms with Gasteiger partial charge in [-0.1, -0.05) is 6.92 Å². The molecule has 0 spiro atoms. The van der Waals surface area contributed by atoms with E-state index in [-0.39, 0.29) is 0 Å². The van der Waals surface area contributed by atoms with Crippen LogP contribution in [-0.4, -0.2) is 63.7 Å². The molecule has 0 radical (unpaired) electrons. The van der Waals surface area contributed by atoms with Gasteiger partial charge >= 0.3 is 0 Å². The SMILES string of the molecule is CCOCCOCCOC1CCN(CC)CC1. The Labute approximate surface area is 105 Å². The Morgan fingerprint density at radius 1 is 0.941 bits per heavy atom. The van der Waals surface area contributed by atoms with E-state index in [1.54, 1.807) is 0 Å². The van der Waals surface area contributed by atoms with Gasteiger partial charge in [0.2, 0.25) is 0 Å². The van der Waals surface area contributed by atoms with Crippen LogP contribution in [0.4, 0.5) is 0 Å². The number of piperidine rings is 1. The van der Waals surface area contributed by atoms with Crippen LogP contribution in [0.5, 0.6) is 0 Å². The van der Waals surface area contributed by atoms with Crippen molar-refractivity contribution < 1.29 is 14.2 Å². The maximum Gasteiger partial charge on any atom is 0.0704 e. The summed E-state index contributed by atoms with van der Waals surface area (Å²) in [6.45, 7) is 11.2. The minimum absolute atomic E-state index is 0.438. The Hall–Kier alpha value is -0.160. The van der Waals surface area contributed by atoms with E-state index in [0.717, 1.165) is 26.0 Å². The first-order chi connectivity index (χ1) is 8.36. The molecule has 1 fully saturated rings. The quantitative estimate of drug-likeness (QED) is 0.577. The third kappa shape index (κ3) is 6.99. The van der Waals surface area contributed by atoms with Gasteiger partial charge < -0.3 is 19.1 Å². The van der Waals surface area contributed by atoms with Gasteiger partial charge in [0.05, 0.1) is 32.5 Å². The molecule has 4 heteroatoms. The van der Waals surface area contributed by atoms with Crippen molar-refractivity contribution in [2.45, 2.75) is 32.8 Å². The van der Waals surface area contributed by atoms with Crippen LogP contribution in [0.25, 0.3) is 0 Å². The van der Waals surface area contributed by atoms with Crippen molar-refractivity contribution >= 4 is 0 Å². The summed E-state index contributed by atoms with van der Waals surface area (Å²) < 4.78 is 16.4. The average Bonchev–Trinajstić information content (AvgIpc) is 2.38. The second-order valence-electron chi connectivity index (χ2n) is 4.31. The molecule has 0 amide bonds. The van der Waals surface area contributed by atoms with E-state index in [2.05, 4.69) is 11.8 Å². The molecule has 1 saturated heterocycles. The average molecular weight is 245 g/mol. The van der Waals surface area contributed by atoms with Crippen molar-refractivity contribution in [3.8, 4) is 0 Å². The van der Waals surface area contributed by atoms with Gasteiger partial charge in [-0.15, -0.1) is 0 Å². The topological polar surface area (TPSA) is 30.9 Å². The lowest BCUT2D eigenvalue weighted by Crippen LogP contribution is -2.37. The van der Waals surface area contributed by atoms with Crippen LogP contribution in [0.1, 0.15) is 26.7 Å². The molecule has 0 aromatic heterocycles. The van der Waals surface area contributed by atoms with Gasteiger partial charge in [-0.25, -0.2) is 0 Å². The number of hydrogen-bond acceptors (Lipinski definition) is 4. The van der Waals surface area contributed by atoms with Crippen molar-refractivity contribution in [2.75, 3.05) is 52.7 Å². The molecule has 0 atom stereocenters. The number of nitrogens with zero attached hydrogens (tertiary/aromatic N) is 1. The van der Waals surface area contributed by atoms with E-state index in [1.165, 1.54) is 13.1 Å². The Balaban J connectivity index is 1.87. The summed E-state index contributed by atoms with van der Waals surface area (Å²) in [5, 5.41) is 0. The highest BCUT2D eigenvalue weighted by atomic mass is 16.5. The standard InChI is InChI=1S/C13H27NO3/c1-3-14-7-5-13(6-8-14)17-12-11-16-10-9-15-4-2/h13H,3-12H2,1-2H3. The lowest BCUT2D eigenvalue weighted by atomic mass is 10.1. The van der Waals surface area contributed by atoms with Crippen LogP contribution < -0.4 is 0 Å². The summed E-state index contributed by atoms with van der Waals surface area (Å²) in [5.41, 5.74) is 0. The first kappa shape index (κ1) is 14.9. The number of ether oxygens (including phenoxy) is 3. The van der Waals surface area contributed by atoms with Crippen LogP contribution in [0, 0.1) is 0 Å². The predicted octanol–water partition coefficient (Wildman–Crippen LogP) is 1.54. The van der Waals surface area contributed by atoms with E-state index < -0.39 is 0 Å². The highest BCUT2D eigenvalue weighted by molar-refractivity contribution is 4.71. The van der Waals surface area contributed by atoms with Crippen LogP contribution in [0.15, 0.2) is 0 Å². The van der Waals surface area contributed by atoms with Gasteiger partial charge in [-0.2, -0.15) is 0 Å². The van der Waals surface area contributed by atoms with E-state index in [1.807, 2.05) is 6.92 Å². The molecule has 0 aromatic carbocycles. The summed E-state index contributed by atoms with van der Waals surface area (Å²) in [4.78, 5) is 2.47. The molecule has 1 aliphatic rings. The summed E-state index contributed by atoms with van der Waals surface area (Å²) in [6.07, 6.45) is 2.76. The van der Waals surface area contributed by atoms with Crippen molar-refractivity contribution in [3.05, 3.63) is 0 Å². The summed E-state index contributed by atoms with van der Waals surface area (Å²) in [5.74, 6) is 0. The molecule has 4 nitrogen and oxygen atoms in total. The predicted molar refractivity (Wildman–Crippen MR) is 68.4 cm³/mol. The molecule has 0 bridgehead atoms. The van der Waals surface area contributed by atoms with Crippen molar-refractivity contribution in [1.29, 1.82) is 0 Å². The highest BCUT2D eigenvalue weighted by Gasteiger charge is 2.17. The molecule has 0 aliphatic carbocycles. The Bertz CT molecular complexity index is 170. The number of rotatable bonds is 9. The summed E-state index contributed by atoms with van der Waals surface area (Å²) in [7, 11) is 0. The first-order valence-corrected chi connectivity index (χ1v) is 6.86. The van der Waals surface area contributed by atoms with Crippen molar-refractivity contribution in [2.24, 2.45) is 0 Å². The first-order valence-electron chi connectivity index (χ1n) is 6.86. The minimum Gasteiger partial charge on any atom is -0.379 e. The van der Waals surface area contributed by atoms with E-state index >= 15 is 0 Å². The van der Waals surface area contributed by atoms with Crippen molar-refractivity contribution in [1.82, 2.24) is 4.90 Å². The Morgan fingerprint density at radius 2 is 1.59 bits per heavy atom. The molecular formula is C13H27NO3. The van der Waals surface area contributed by atoms with Crippen LogP contribution >= 0.6 is 0 Å². The molecule has 0 unspecified atom stereocenters. The second kappa shape index (κ2) is 9.83. The minimum atomic E-state index is 0.438. The molecule has 17 heavy (non-hydrogen) atoms. The Morgan fingerprint density at radius 3 is 2.24 bits per heavy atom. The van der Waals surface area contributed by atoms with Gasteiger partial charge in [-0.05, 0) is 26.3 Å². The smallest absolute Gasteiger partial charge is 0.0704 e. The molecule has 0 aromatic rings. The lowest BCUT2D eigenvalue weighted by Gasteiger charge is -2.30. The lowest BCUT2D eigenvalue weighted by molar-refractivity contribution is -0.0299. The van der Waals surface area contributed by atoms with Gasteiger partial charge in [-0.3, -0.25) is 0 Å². The molecule has 0 saturated carbocycles. The van der Waals surface area contributed by atoms with Gasteiger partial charge in [0, 0.05) is 19.7 Å². The van der Waals surface area contributed by atoms with E-state index in [9.17, 15) is 0 Å². The molecule has 1 aliphatic heterocycles. The molecule has 1 heterocycles. The largest absolute Gasteiger partial charge is 0.379 e. The molecular weight excluding hydrogens is 218 g/mol. The zero-order valence-electron chi connectivity index (χ0n) is 11.3. The number of hydrogen-bond donors (Lipinski definition) is 0. The summed E-state index contributed by atoms with van der Waals surface area (Å²) >= 11 is 0. The maximum absolute atomic E-state index is 5.79. The highest BCUT2D eigenvalue weighted by Crippen LogP contribution is 2.12. The fraction of sp³-hybridized carbons (Fsp3) is 1.00. The normalized spacial score (nSPS) is 18.7. The van der Waals surface area contributed by atoms with Gasteiger partial charge in [0.1, 0.15) is 0 Å².